The van der Waals surface area contributed by atoms with Crippen molar-refractivity contribution in [2.75, 3.05) is 6.54 Å². The SMILES string of the molecule is FC1(F)Oc2ccc(C3CCCN3)cc2O1. The standard InChI is InChI=1S/C11H11F2NO2/c12-11(13)15-9-4-3-7(6-10(9)16-11)8-2-1-5-14-8/h3-4,6,8,14H,1-2,5H2. The van der Waals surface area contributed by atoms with Gasteiger partial charge in [-0.05, 0) is 37.1 Å². The molecule has 3 nitrogen and oxygen atoms in total. The van der Waals surface area contributed by atoms with Gasteiger partial charge in [-0.25, -0.2) is 0 Å². The maximum Gasteiger partial charge on any atom is 0.586 e. The lowest BCUT2D eigenvalue weighted by atomic mass is 10.1. The quantitative estimate of drug-likeness (QED) is 0.799. The molecular weight excluding hydrogens is 216 g/mol. The molecule has 0 amide bonds. The second-order valence-electron chi connectivity index (χ2n) is 4.02. The summed E-state index contributed by atoms with van der Waals surface area (Å²) in [5, 5.41) is 3.30. The first-order valence-electron chi connectivity index (χ1n) is 5.27. The summed E-state index contributed by atoms with van der Waals surface area (Å²) in [6.07, 6.45) is -1.39. The number of hydrogen-bond acceptors (Lipinski definition) is 3. The summed E-state index contributed by atoms with van der Waals surface area (Å²) >= 11 is 0. The van der Waals surface area contributed by atoms with Gasteiger partial charge in [-0.1, -0.05) is 6.07 Å². The Hall–Kier alpha value is -1.36. The summed E-state index contributed by atoms with van der Waals surface area (Å²) in [5.74, 6) is 0.225. The van der Waals surface area contributed by atoms with E-state index in [1.807, 2.05) is 0 Å². The predicted molar refractivity (Wildman–Crippen MR) is 52.6 cm³/mol. The van der Waals surface area contributed by atoms with Crippen LogP contribution in [-0.2, 0) is 0 Å². The molecule has 16 heavy (non-hydrogen) atoms. The molecule has 0 spiro atoms. The largest absolute Gasteiger partial charge is 0.586 e. The van der Waals surface area contributed by atoms with Crippen LogP contribution in [0.1, 0.15) is 24.4 Å². The molecule has 1 N–H and O–H groups in total. The molecule has 0 saturated carbocycles. The number of benzene rings is 1. The van der Waals surface area contributed by atoms with Crippen molar-refractivity contribution in [1.29, 1.82) is 0 Å². The van der Waals surface area contributed by atoms with E-state index >= 15 is 0 Å². The first-order chi connectivity index (χ1) is 7.64. The molecule has 0 aromatic heterocycles. The summed E-state index contributed by atoms with van der Waals surface area (Å²) in [6.45, 7) is 0.968. The number of rotatable bonds is 1. The molecule has 1 fully saturated rings. The molecule has 1 saturated heterocycles. The van der Waals surface area contributed by atoms with Crippen molar-refractivity contribution < 1.29 is 18.3 Å². The normalized spacial score (nSPS) is 26.0. The molecule has 0 aliphatic carbocycles. The smallest absolute Gasteiger partial charge is 0.395 e. The second kappa shape index (κ2) is 3.31. The summed E-state index contributed by atoms with van der Waals surface area (Å²) < 4.78 is 34.3. The van der Waals surface area contributed by atoms with Crippen LogP contribution in [0.5, 0.6) is 11.5 Å². The molecule has 2 aliphatic heterocycles. The maximum absolute atomic E-state index is 12.8. The topological polar surface area (TPSA) is 30.5 Å². The van der Waals surface area contributed by atoms with Crippen LogP contribution in [0.15, 0.2) is 18.2 Å². The van der Waals surface area contributed by atoms with Crippen LogP contribution >= 0.6 is 0 Å². The molecule has 1 aromatic carbocycles. The van der Waals surface area contributed by atoms with Gasteiger partial charge in [-0.2, -0.15) is 0 Å². The van der Waals surface area contributed by atoms with Crippen LogP contribution < -0.4 is 14.8 Å². The Bertz CT molecular complexity index is 416. The Morgan fingerprint density at radius 2 is 2.06 bits per heavy atom. The lowest BCUT2D eigenvalue weighted by Gasteiger charge is -2.10. The zero-order valence-corrected chi connectivity index (χ0v) is 8.50. The fourth-order valence-electron chi connectivity index (χ4n) is 2.15. The van der Waals surface area contributed by atoms with Crippen molar-refractivity contribution in [3.05, 3.63) is 23.8 Å². The van der Waals surface area contributed by atoms with Crippen molar-refractivity contribution in [3.63, 3.8) is 0 Å². The Kier molecular flexibility index (Phi) is 2.04. The molecule has 5 heteroatoms. The number of alkyl halides is 2. The molecule has 1 atom stereocenters. The Labute approximate surface area is 91.4 Å². The monoisotopic (exact) mass is 227 g/mol. The minimum Gasteiger partial charge on any atom is -0.395 e. The lowest BCUT2D eigenvalue weighted by molar-refractivity contribution is -0.286. The molecule has 2 aliphatic rings. The van der Waals surface area contributed by atoms with Gasteiger partial charge >= 0.3 is 6.29 Å². The summed E-state index contributed by atoms with van der Waals surface area (Å²) in [7, 11) is 0. The van der Waals surface area contributed by atoms with E-state index in [0.717, 1.165) is 24.9 Å². The third kappa shape index (κ3) is 1.61. The number of halogens is 2. The van der Waals surface area contributed by atoms with E-state index < -0.39 is 6.29 Å². The summed E-state index contributed by atoms with van der Waals surface area (Å²) in [5.41, 5.74) is 0.970. The summed E-state index contributed by atoms with van der Waals surface area (Å²) in [4.78, 5) is 0. The van der Waals surface area contributed by atoms with Crippen LogP contribution in [0, 0.1) is 0 Å². The first-order valence-corrected chi connectivity index (χ1v) is 5.27. The van der Waals surface area contributed by atoms with E-state index in [9.17, 15) is 8.78 Å². The Morgan fingerprint density at radius 3 is 2.81 bits per heavy atom. The van der Waals surface area contributed by atoms with Crippen LogP contribution in [0.2, 0.25) is 0 Å². The number of hydrogen-bond donors (Lipinski definition) is 1. The molecule has 0 radical (unpaired) electrons. The van der Waals surface area contributed by atoms with Gasteiger partial charge in [0.05, 0.1) is 0 Å². The Morgan fingerprint density at radius 1 is 1.25 bits per heavy atom. The van der Waals surface area contributed by atoms with E-state index in [0.29, 0.717) is 0 Å². The highest BCUT2D eigenvalue weighted by Crippen LogP contribution is 2.42. The zero-order chi connectivity index (χ0) is 11.2. The lowest BCUT2D eigenvalue weighted by Crippen LogP contribution is -2.25. The number of ether oxygens (including phenoxy) is 2. The van der Waals surface area contributed by atoms with E-state index in [2.05, 4.69) is 14.8 Å². The van der Waals surface area contributed by atoms with Gasteiger partial charge in [0.15, 0.2) is 11.5 Å². The van der Waals surface area contributed by atoms with Crippen molar-refractivity contribution >= 4 is 0 Å². The minimum atomic E-state index is -3.52. The van der Waals surface area contributed by atoms with Gasteiger partial charge in [0.1, 0.15) is 0 Å². The second-order valence-corrected chi connectivity index (χ2v) is 4.02. The van der Waals surface area contributed by atoms with Crippen LogP contribution in [-0.4, -0.2) is 12.8 Å². The van der Waals surface area contributed by atoms with Gasteiger partial charge in [0.2, 0.25) is 0 Å². The zero-order valence-electron chi connectivity index (χ0n) is 8.50. The molecular formula is C11H11F2NO2. The highest BCUT2D eigenvalue weighted by molar-refractivity contribution is 5.46. The molecule has 0 bridgehead atoms. The van der Waals surface area contributed by atoms with Crippen LogP contribution in [0.3, 0.4) is 0 Å². The third-order valence-electron chi connectivity index (χ3n) is 2.89. The van der Waals surface area contributed by atoms with E-state index in [1.165, 1.54) is 6.07 Å². The van der Waals surface area contributed by atoms with E-state index in [-0.39, 0.29) is 17.5 Å². The Balaban J connectivity index is 1.89. The molecule has 86 valence electrons. The fourth-order valence-corrected chi connectivity index (χ4v) is 2.15. The minimum absolute atomic E-state index is 0.103. The average Bonchev–Trinajstić information content (AvgIpc) is 2.80. The van der Waals surface area contributed by atoms with E-state index in [1.54, 1.807) is 12.1 Å². The summed E-state index contributed by atoms with van der Waals surface area (Å²) in [6, 6.07) is 5.19. The maximum atomic E-state index is 12.8. The predicted octanol–water partition coefficient (Wildman–Crippen LogP) is 2.43. The average molecular weight is 227 g/mol. The van der Waals surface area contributed by atoms with Gasteiger partial charge in [0.25, 0.3) is 0 Å². The van der Waals surface area contributed by atoms with Crippen LogP contribution in [0.4, 0.5) is 8.78 Å². The third-order valence-corrected chi connectivity index (χ3v) is 2.89. The van der Waals surface area contributed by atoms with Gasteiger partial charge in [-0.3, -0.25) is 0 Å². The molecule has 2 heterocycles. The van der Waals surface area contributed by atoms with Crippen LogP contribution in [0.25, 0.3) is 0 Å². The highest BCUT2D eigenvalue weighted by atomic mass is 19.3. The molecule has 1 unspecified atom stereocenters. The highest BCUT2D eigenvalue weighted by Gasteiger charge is 2.43. The van der Waals surface area contributed by atoms with Gasteiger partial charge in [0, 0.05) is 6.04 Å². The van der Waals surface area contributed by atoms with Crippen molar-refractivity contribution in [1.82, 2.24) is 5.32 Å². The first kappa shape index (κ1) is 9.84. The molecule has 1 aromatic rings. The number of fused-ring (bicyclic) bond motifs is 1. The van der Waals surface area contributed by atoms with Crippen molar-refractivity contribution in [3.8, 4) is 11.5 Å². The van der Waals surface area contributed by atoms with Crippen molar-refractivity contribution in [2.24, 2.45) is 0 Å². The molecule has 3 rings (SSSR count). The number of nitrogens with one attached hydrogen (secondary N) is 1. The van der Waals surface area contributed by atoms with Crippen molar-refractivity contribution in [2.45, 2.75) is 25.2 Å². The fraction of sp³-hybridized carbons (Fsp3) is 0.455. The van der Waals surface area contributed by atoms with Gasteiger partial charge in [-0.15, -0.1) is 8.78 Å². The van der Waals surface area contributed by atoms with E-state index in [4.69, 9.17) is 0 Å². The van der Waals surface area contributed by atoms with Gasteiger partial charge < -0.3 is 14.8 Å².